The van der Waals surface area contributed by atoms with Crippen LogP contribution in [0, 0.1) is 6.92 Å². The number of carbonyl (C=O) groups excluding carboxylic acids is 1. The summed E-state index contributed by atoms with van der Waals surface area (Å²) in [4.78, 5) is 22.2. The second-order valence-corrected chi connectivity index (χ2v) is 5.18. The first-order chi connectivity index (χ1) is 10.9. The van der Waals surface area contributed by atoms with Gasteiger partial charge in [0.25, 0.3) is 0 Å². The van der Waals surface area contributed by atoms with E-state index in [1.165, 1.54) is 0 Å². The molecule has 7 heteroatoms. The highest BCUT2D eigenvalue weighted by Crippen LogP contribution is 2.32. The van der Waals surface area contributed by atoms with Crippen molar-refractivity contribution in [2.45, 2.75) is 32.7 Å². The molecule has 0 saturated carbocycles. The highest BCUT2D eigenvalue weighted by molar-refractivity contribution is 5.74. The Bertz CT molecular complexity index is 560. The Balaban J connectivity index is 2.65. The van der Waals surface area contributed by atoms with Crippen LogP contribution in [0.2, 0.25) is 0 Å². The lowest BCUT2D eigenvalue weighted by atomic mass is 10.0. The van der Waals surface area contributed by atoms with E-state index in [9.17, 15) is 9.59 Å². The van der Waals surface area contributed by atoms with Gasteiger partial charge in [-0.25, -0.2) is 4.79 Å². The van der Waals surface area contributed by atoms with Crippen molar-refractivity contribution in [2.24, 2.45) is 0 Å². The molecule has 7 nitrogen and oxygen atoms in total. The van der Waals surface area contributed by atoms with Gasteiger partial charge in [0.2, 0.25) is 0 Å². The molecule has 0 aliphatic heterocycles. The number of benzene rings is 1. The Kier molecular flexibility index (Phi) is 7.18. The molecule has 1 aromatic rings. The first-order valence-corrected chi connectivity index (χ1v) is 7.37. The molecule has 1 aromatic carbocycles. The molecule has 1 rings (SSSR count). The van der Waals surface area contributed by atoms with Crippen LogP contribution >= 0.6 is 0 Å². The van der Waals surface area contributed by atoms with E-state index in [2.05, 4.69) is 10.6 Å². The van der Waals surface area contributed by atoms with Crippen LogP contribution in [0.25, 0.3) is 0 Å². The third-order valence-corrected chi connectivity index (χ3v) is 3.44. The molecule has 23 heavy (non-hydrogen) atoms. The number of rotatable bonds is 8. The minimum absolute atomic E-state index is 0.0324. The molecule has 3 N–H and O–H groups in total. The third kappa shape index (κ3) is 5.69. The van der Waals surface area contributed by atoms with Crippen LogP contribution in [0.15, 0.2) is 12.1 Å². The topological polar surface area (TPSA) is 96.9 Å². The largest absolute Gasteiger partial charge is 0.493 e. The number of carboxylic acids is 1. The zero-order valence-electron chi connectivity index (χ0n) is 13.9. The van der Waals surface area contributed by atoms with Crippen molar-refractivity contribution in [3.8, 4) is 11.5 Å². The average Bonchev–Trinajstić information content (AvgIpc) is 2.50. The lowest BCUT2D eigenvalue weighted by Gasteiger charge is -2.19. The minimum atomic E-state index is -0.874. The second kappa shape index (κ2) is 8.87. The summed E-state index contributed by atoms with van der Waals surface area (Å²) in [6.07, 6.45) is 0.428. The summed E-state index contributed by atoms with van der Waals surface area (Å²) in [5, 5.41) is 14.0. The minimum Gasteiger partial charge on any atom is -0.493 e. The van der Waals surface area contributed by atoms with Crippen LogP contribution in [0.5, 0.6) is 11.5 Å². The van der Waals surface area contributed by atoms with Crippen LogP contribution in [-0.2, 0) is 4.79 Å². The number of hydrogen-bond donors (Lipinski definition) is 3. The summed E-state index contributed by atoms with van der Waals surface area (Å²) in [6.45, 7) is 4.11. The average molecular weight is 324 g/mol. The van der Waals surface area contributed by atoms with Crippen LogP contribution in [0.1, 0.15) is 36.9 Å². The van der Waals surface area contributed by atoms with E-state index >= 15 is 0 Å². The van der Waals surface area contributed by atoms with Crippen molar-refractivity contribution >= 4 is 12.0 Å². The lowest BCUT2D eigenvalue weighted by molar-refractivity contribution is -0.137. The van der Waals surface area contributed by atoms with Crippen molar-refractivity contribution in [1.29, 1.82) is 0 Å². The number of aryl methyl sites for hydroxylation is 1. The van der Waals surface area contributed by atoms with Crippen LogP contribution in [0.4, 0.5) is 4.79 Å². The Morgan fingerprint density at radius 2 is 1.83 bits per heavy atom. The summed E-state index contributed by atoms with van der Waals surface area (Å²) in [5.41, 5.74) is 1.89. The van der Waals surface area contributed by atoms with Crippen LogP contribution in [-0.4, -0.2) is 37.9 Å². The summed E-state index contributed by atoms with van der Waals surface area (Å²) in [7, 11) is 3.13. The molecule has 128 valence electrons. The van der Waals surface area contributed by atoms with Gasteiger partial charge < -0.3 is 25.2 Å². The molecule has 0 saturated heterocycles. The van der Waals surface area contributed by atoms with Gasteiger partial charge in [-0.05, 0) is 43.5 Å². The summed E-state index contributed by atoms with van der Waals surface area (Å²) < 4.78 is 10.5. The number of carbonyl (C=O) groups is 2. The molecule has 2 amide bonds. The van der Waals surface area contributed by atoms with E-state index in [0.717, 1.165) is 11.1 Å². The fourth-order valence-electron chi connectivity index (χ4n) is 2.23. The normalized spacial score (nSPS) is 11.5. The molecule has 0 fully saturated rings. The molecule has 0 heterocycles. The SMILES string of the molecule is COc1cc(C)c(C(C)NC(=O)NCCCC(=O)O)cc1OC. The molecule has 0 aliphatic rings. The van der Waals surface area contributed by atoms with Crippen molar-refractivity contribution in [1.82, 2.24) is 10.6 Å². The molecule has 0 aromatic heterocycles. The van der Waals surface area contributed by atoms with E-state index in [0.29, 0.717) is 24.5 Å². The van der Waals surface area contributed by atoms with Gasteiger partial charge in [0, 0.05) is 13.0 Å². The quantitative estimate of drug-likeness (QED) is 0.637. The number of amides is 2. The van der Waals surface area contributed by atoms with Gasteiger partial charge in [-0.15, -0.1) is 0 Å². The summed E-state index contributed by atoms with van der Waals surface area (Å²) in [6, 6.07) is 3.13. The van der Waals surface area contributed by atoms with Gasteiger partial charge >= 0.3 is 12.0 Å². The van der Waals surface area contributed by atoms with Crippen molar-refractivity contribution in [3.05, 3.63) is 23.3 Å². The van der Waals surface area contributed by atoms with E-state index in [1.807, 2.05) is 26.0 Å². The number of ether oxygens (including phenoxy) is 2. The van der Waals surface area contributed by atoms with Gasteiger partial charge in [-0.3, -0.25) is 4.79 Å². The number of urea groups is 1. The molecular formula is C16H24N2O5. The fourth-order valence-corrected chi connectivity index (χ4v) is 2.23. The van der Waals surface area contributed by atoms with Crippen molar-refractivity contribution in [2.75, 3.05) is 20.8 Å². The number of hydrogen-bond acceptors (Lipinski definition) is 4. The Morgan fingerprint density at radius 3 is 2.39 bits per heavy atom. The van der Waals surface area contributed by atoms with Crippen LogP contribution < -0.4 is 20.1 Å². The smallest absolute Gasteiger partial charge is 0.315 e. The molecule has 1 unspecified atom stereocenters. The van der Waals surface area contributed by atoms with E-state index < -0.39 is 5.97 Å². The van der Waals surface area contributed by atoms with Crippen LogP contribution in [0.3, 0.4) is 0 Å². The van der Waals surface area contributed by atoms with Gasteiger partial charge in [-0.2, -0.15) is 0 Å². The Labute approximate surface area is 136 Å². The molecule has 0 radical (unpaired) electrons. The lowest BCUT2D eigenvalue weighted by Crippen LogP contribution is -2.37. The van der Waals surface area contributed by atoms with E-state index in [4.69, 9.17) is 14.6 Å². The number of nitrogens with one attached hydrogen (secondary N) is 2. The second-order valence-electron chi connectivity index (χ2n) is 5.18. The maximum Gasteiger partial charge on any atom is 0.315 e. The Hall–Kier alpha value is -2.44. The van der Waals surface area contributed by atoms with Crippen molar-refractivity contribution in [3.63, 3.8) is 0 Å². The molecular weight excluding hydrogens is 300 g/mol. The van der Waals surface area contributed by atoms with Gasteiger partial charge in [0.1, 0.15) is 0 Å². The number of methoxy groups -OCH3 is 2. The highest BCUT2D eigenvalue weighted by atomic mass is 16.5. The summed E-state index contributed by atoms with van der Waals surface area (Å²) >= 11 is 0. The first-order valence-electron chi connectivity index (χ1n) is 7.37. The van der Waals surface area contributed by atoms with Crippen molar-refractivity contribution < 1.29 is 24.2 Å². The molecule has 0 aliphatic carbocycles. The number of aliphatic carboxylic acids is 1. The predicted molar refractivity (Wildman–Crippen MR) is 86.1 cm³/mol. The standard InChI is InChI=1S/C16H24N2O5/c1-10-8-13(22-3)14(23-4)9-12(10)11(2)18-16(21)17-7-5-6-15(19)20/h8-9,11H,5-7H2,1-4H3,(H,19,20)(H2,17,18,21). The predicted octanol–water partition coefficient (Wildman–Crippen LogP) is 2.24. The Morgan fingerprint density at radius 1 is 1.22 bits per heavy atom. The van der Waals surface area contributed by atoms with Gasteiger partial charge in [0.15, 0.2) is 11.5 Å². The monoisotopic (exact) mass is 324 g/mol. The molecule has 0 spiro atoms. The van der Waals surface area contributed by atoms with E-state index in [1.54, 1.807) is 14.2 Å². The maximum atomic E-state index is 11.8. The fraction of sp³-hybridized carbons (Fsp3) is 0.500. The van der Waals surface area contributed by atoms with Gasteiger partial charge in [0.05, 0.1) is 20.3 Å². The maximum absolute atomic E-state index is 11.8. The molecule has 1 atom stereocenters. The zero-order valence-corrected chi connectivity index (χ0v) is 13.9. The highest BCUT2D eigenvalue weighted by Gasteiger charge is 2.15. The first kappa shape index (κ1) is 18.6. The summed E-state index contributed by atoms with van der Waals surface area (Å²) in [5.74, 6) is 0.365. The number of carboxylic acid groups (broad SMARTS) is 1. The zero-order chi connectivity index (χ0) is 17.4. The molecule has 0 bridgehead atoms. The van der Waals surface area contributed by atoms with E-state index in [-0.39, 0.29) is 18.5 Å². The van der Waals surface area contributed by atoms with Gasteiger partial charge in [-0.1, -0.05) is 0 Å². The third-order valence-electron chi connectivity index (χ3n) is 3.44.